The number of aliphatic hydroxyl groups is 1. The van der Waals surface area contributed by atoms with Gasteiger partial charge in [0.05, 0.1) is 24.4 Å². The first-order valence-corrected chi connectivity index (χ1v) is 6.75. The fourth-order valence-electron chi connectivity index (χ4n) is 2.32. The molecule has 1 aliphatic carbocycles. The zero-order chi connectivity index (χ0) is 14.0. The third-order valence-corrected chi connectivity index (χ3v) is 3.77. The van der Waals surface area contributed by atoms with Crippen LogP contribution in [-0.2, 0) is 9.47 Å². The standard InChI is InChI=1S/C14H29NO3/c1-13(2,3)18-9-10(16)8-15-11-7-12(17-6)14(11,4)5/h10-12,15-16H,7-9H2,1-6H3. The van der Waals surface area contributed by atoms with Crippen LogP contribution in [0.1, 0.15) is 41.0 Å². The van der Waals surface area contributed by atoms with Crippen molar-refractivity contribution in [3.63, 3.8) is 0 Å². The van der Waals surface area contributed by atoms with Gasteiger partial charge in [0, 0.05) is 25.1 Å². The number of hydrogen-bond acceptors (Lipinski definition) is 4. The highest BCUT2D eigenvalue weighted by Gasteiger charge is 2.48. The van der Waals surface area contributed by atoms with Crippen molar-refractivity contribution in [1.29, 1.82) is 0 Å². The van der Waals surface area contributed by atoms with Gasteiger partial charge in [-0.1, -0.05) is 13.8 Å². The van der Waals surface area contributed by atoms with Crippen LogP contribution in [0.2, 0.25) is 0 Å². The predicted molar refractivity (Wildman–Crippen MR) is 72.7 cm³/mol. The van der Waals surface area contributed by atoms with Crippen molar-refractivity contribution in [2.24, 2.45) is 5.41 Å². The number of methoxy groups -OCH3 is 1. The fraction of sp³-hybridized carbons (Fsp3) is 1.00. The molecule has 0 aliphatic heterocycles. The lowest BCUT2D eigenvalue weighted by molar-refractivity contribution is -0.102. The van der Waals surface area contributed by atoms with Gasteiger partial charge in [-0.2, -0.15) is 0 Å². The quantitative estimate of drug-likeness (QED) is 0.760. The minimum Gasteiger partial charge on any atom is -0.389 e. The van der Waals surface area contributed by atoms with Crippen LogP contribution < -0.4 is 5.32 Å². The van der Waals surface area contributed by atoms with Crippen molar-refractivity contribution in [1.82, 2.24) is 5.32 Å². The number of rotatable bonds is 6. The minimum atomic E-state index is -0.457. The van der Waals surface area contributed by atoms with E-state index >= 15 is 0 Å². The molecule has 0 radical (unpaired) electrons. The molecular formula is C14H29NO3. The van der Waals surface area contributed by atoms with Crippen LogP contribution in [0, 0.1) is 5.41 Å². The summed E-state index contributed by atoms with van der Waals surface area (Å²) in [5, 5.41) is 13.3. The molecule has 0 aromatic carbocycles. The van der Waals surface area contributed by atoms with Crippen molar-refractivity contribution >= 4 is 0 Å². The van der Waals surface area contributed by atoms with Gasteiger partial charge in [-0.15, -0.1) is 0 Å². The molecule has 18 heavy (non-hydrogen) atoms. The van der Waals surface area contributed by atoms with Crippen LogP contribution in [0.4, 0.5) is 0 Å². The third kappa shape index (κ3) is 4.19. The van der Waals surface area contributed by atoms with Crippen LogP contribution in [0.25, 0.3) is 0 Å². The molecule has 4 nitrogen and oxygen atoms in total. The molecule has 3 unspecified atom stereocenters. The van der Waals surface area contributed by atoms with E-state index in [0.29, 0.717) is 25.3 Å². The van der Waals surface area contributed by atoms with Crippen molar-refractivity contribution in [2.45, 2.75) is 64.9 Å². The predicted octanol–water partition coefficient (Wildman–Crippen LogP) is 1.57. The van der Waals surface area contributed by atoms with Gasteiger partial charge in [-0.25, -0.2) is 0 Å². The van der Waals surface area contributed by atoms with Crippen molar-refractivity contribution in [3.05, 3.63) is 0 Å². The van der Waals surface area contributed by atoms with Gasteiger partial charge in [0.2, 0.25) is 0 Å². The Balaban J connectivity index is 2.22. The first-order chi connectivity index (χ1) is 8.16. The van der Waals surface area contributed by atoms with E-state index in [-0.39, 0.29) is 11.0 Å². The third-order valence-electron chi connectivity index (χ3n) is 3.77. The Hall–Kier alpha value is -0.160. The monoisotopic (exact) mass is 259 g/mol. The van der Waals surface area contributed by atoms with E-state index in [1.165, 1.54) is 0 Å². The number of ether oxygens (including phenoxy) is 2. The highest BCUT2D eigenvalue weighted by atomic mass is 16.5. The first kappa shape index (κ1) is 15.9. The summed E-state index contributed by atoms with van der Waals surface area (Å²) in [7, 11) is 1.76. The molecule has 0 bridgehead atoms. The minimum absolute atomic E-state index is 0.138. The number of nitrogens with one attached hydrogen (secondary N) is 1. The van der Waals surface area contributed by atoms with E-state index < -0.39 is 6.10 Å². The molecule has 0 saturated heterocycles. The molecule has 108 valence electrons. The van der Waals surface area contributed by atoms with E-state index in [1.54, 1.807) is 7.11 Å². The average molecular weight is 259 g/mol. The van der Waals surface area contributed by atoms with Crippen LogP contribution in [0.5, 0.6) is 0 Å². The van der Waals surface area contributed by atoms with Gasteiger partial charge >= 0.3 is 0 Å². The Morgan fingerprint density at radius 3 is 2.44 bits per heavy atom. The summed E-state index contributed by atoms with van der Waals surface area (Å²) in [6.07, 6.45) is 0.871. The smallest absolute Gasteiger partial charge is 0.0898 e. The van der Waals surface area contributed by atoms with E-state index in [4.69, 9.17) is 9.47 Å². The molecule has 0 spiro atoms. The maximum absolute atomic E-state index is 9.86. The van der Waals surface area contributed by atoms with Crippen molar-refractivity contribution in [3.8, 4) is 0 Å². The number of hydrogen-bond donors (Lipinski definition) is 2. The Kier molecular flexibility index (Phi) is 5.18. The zero-order valence-electron chi connectivity index (χ0n) is 12.6. The first-order valence-electron chi connectivity index (χ1n) is 6.75. The topological polar surface area (TPSA) is 50.7 Å². The molecule has 1 fully saturated rings. The van der Waals surface area contributed by atoms with Crippen LogP contribution in [0.15, 0.2) is 0 Å². The highest BCUT2D eigenvalue weighted by Crippen LogP contribution is 2.42. The lowest BCUT2D eigenvalue weighted by Crippen LogP contribution is -2.61. The second-order valence-corrected chi connectivity index (χ2v) is 6.82. The molecular weight excluding hydrogens is 230 g/mol. The lowest BCUT2D eigenvalue weighted by Gasteiger charge is -2.51. The van der Waals surface area contributed by atoms with Gasteiger partial charge in [0.25, 0.3) is 0 Å². The van der Waals surface area contributed by atoms with Crippen molar-refractivity contribution in [2.75, 3.05) is 20.3 Å². The molecule has 1 aliphatic rings. The van der Waals surface area contributed by atoms with Gasteiger partial charge in [0.15, 0.2) is 0 Å². The molecule has 1 saturated carbocycles. The zero-order valence-corrected chi connectivity index (χ0v) is 12.6. The normalized spacial score (nSPS) is 28.8. The summed E-state index contributed by atoms with van der Waals surface area (Å²) in [6.45, 7) is 11.3. The molecule has 0 aromatic heterocycles. The van der Waals surface area contributed by atoms with Gasteiger partial charge < -0.3 is 19.9 Å². The van der Waals surface area contributed by atoms with E-state index in [2.05, 4.69) is 19.2 Å². The summed E-state index contributed by atoms with van der Waals surface area (Å²) in [4.78, 5) is 0. The summed E-state index contributed by atoms with van der Waals surface area (Å²) >= 11 is 0. The average Bonchev–Trinajstić information content (AvgIpc) is 2.24. The largest absolute Gasteiger partial charge is 0.389 e. The van der Waals surface area contributed by atoms with Crippen molar-refractivity contribution < 1.29 is 14.6 Å². The Bertz CT molecular complexity index is 260. The maximum atomic E-state index is 9.86. The number of aliphatic hydroxyl groups excluding tert-OH is 1. The van der Waals surface area contributed by atoms with Gasteiger partial charge in [-0.05, 0) is 27.2 Å². The molecule has 1 rings (SSSR count). The molecule has 3 atom stereocenters. The second-order valence-electron chi connectivity index (χ2n) is 6.82. The molecule has 4 heteroatoms. The second kappa shape index (κ2) is 5.87. The van der Waals surface area contributed by atoms with Gasteiger partial charge in [-0.3, -0.25) is 0 Å². The lowest BCUT2D eigenvalue weighted by atomic mass is 9.64. The van der Waals surface area contributed by atoms with E-state index in [1.807, 2.05) is 20.8 Å². The Morgan fingerprint density at radius 1 is 1.39 bits per heavy atom. The SMILES string of the molecule is COC1CC(NCC(O)COC(C)(C)C)C1(C)C. The maximum Gasteiger partial charge on any atom is 0.0898 e. The summed E-state index contributed by atoms with van der Waals surface area (Å²) in [5.41, 5.74) is -0.0583. The van der Waals surface area contributed by atoms with Gasteiger partial charge in [0.1, 0.15) is 0 Å². The Morgan fingerprint density at radius 2 is 2.00 bits per heavy atom. The highest BCUT2D eigenvalue weighted by molar-refractivity contribution is 5.02. The summed E-state index contributed by atoms with van der Waals surface area (Å²) in [6, 6.07) is 0.409. The Labute approximate surface area is 111 Å². The van der Waals surface area contributed by atoms with Crippen LogP contribution in [-0.4, -0.2) is 49.2 Å². The van der Waals surface area contributed by atoms with E-state index in [0.717, 1.165) is 6.42 Å². The fourth-order valence-corrected chi connectivity index (χ4v) is 2.32. The van der Waals surface area contributed by atoms with Crippen LogP contribution in [0.3, 0.4) is 0 Å². The van der Waals surface area contributed by atoms with Crippen LogP contribution >= 0.6 is 0 Å². The molecule has 0 amide bonds. The van der Waals surface area contributed by atoms with E-state index in [9.17, 15) is 5.11 Å². The molecule has 2 N–H and O–H groups in total. The molecule has 0 aromatic rings. The summed E-state index contributed by atoms with van der Waals surface area (Å²) in [5.74, 6) is 0. The molecule has 0 heterocycles. The summed E-state index contributed by atoms with van der Waals surface area (Å²) < 4.78 is 11.0.